The van der Waals surface area contributed by atoms with Crippen molar-refractivity contribution in [3.05, 3.63) is 0 Å². The van der Waals surface area contributed by atoms with E-state index in [2.05, 4.69) is 6.92 Å². The molecule has 0 amide bonds. The minimum Gasteiger partial charge on any atom is -0.300 e. The van der Waals surface area contributed by atoms with Crippen molar-refractivity contribution >= 4 is 11.6 Å². The van der Waals surface area contributed by atoms with Crippen LogP contribution in [0.25, 0.3) is 0 Å². The second kappa shape index (κ2) is 5.18. The molecule has 4 aliphatic carbocycles. The molecule has 22 heavy (non-hydrogen) atoms. The van der Waals surface area contributed by atoms with Crippen LogP contribution in [0.3, 0.4) is 0 Å². The van der Waals surface area contributed by atoms with Crippen LogP contribution < -0.4 is 0 Å². The maximum absolute atomic E-state index is 12.1. The summed E-state index contributed by atoms with van der Waals surface area (Å²) in [6.07, 6.45) is 10.4. The maximum Gasteiger partial charge on any atom is 0.133 e. The summed E-state index contributed by atoms with van der Waals surface area (Å²) in [5, 5.41) is 0. The first-order valence-corrected chi connectivity index (χ1v) is 9.53. The van der Waals surface area contributed by atoms with E-state index in [1.165, 1.54) is 32.1 Å². The van der Waals surface area contributed by atoms with Gasteiger partial charge in [0.25, 0.3) is 0 Å². The predicted molar refractivity (Wildman–Crippen MR) is 86.3 cm³/mol. The molecule has 0 aromatic rings. The first kappa shape index (κ1) is 14.9. The fraction of sp³-hybridized carbons (Fsp3) is 0.900. The molecular weight excluding hydrogens is 272 g/mol. The van der Waals surface area contributed by atoms with E-state index in [0.29, 0.717) is 23.4 Å². The zero-order valence-corrected chi connectivity index (χ0v) is 14.1. The van der Waals surface area contributed by atoms with Gasteiger partial charge < -0.3 is 0 Å². The van der Waals surface area contributed by atoms with Gasteiger partial charge in [-0.2, -0.15) is 0 Å². The molecule has 4 saturated carbocycles. The maximum atomic E-state index is 12.1. The topological polar surface area (TPSA) is 34.1 Å². The average molecular weight is 302 g/mol. The number of carbonyl (C=O) groups is 2. The van der Waals surface area contributed by atoms with Gasteiger partial charge >= 0.3 is 0 Å². The zero-order chi connectivity index (χ0) is 15.5. The van der Waals surface area contributed by atoms with Gasteiger partial charge in [-0.3, -0.25) is 9.59 Å². The zero-order valence-electron chi connectivity index (χ0n) is 14.1. The Hall–Kier alpha value is -0.660. The van der Waals surface area contributed by atoms with Crippen LogP contribution in [0.1, 0.15) is 71.6 Å². The summed E-state index contributed by atoms with van der Waals surface area (Å²) in [5.74, 6) is 5.25. The number of fused-ring (bicyclic) bond motifs is 5. The third kappa shape index (κ3) is 2.05. The Labute approximate surface area is 134 Å². The molecule has 4 rings (SSSR count). The highest BCUT2D eigenvalue weighted by atomic mass is 16.1. The number of Topliss-reactive ketones (excluding diaryl/α,β-unsaturated/α-hetero) is 2. The van der Waals surface area contributed by atoms with Gasteiger partial charge in [0.2, 0.25) is 0 Å². The van der Waals surface area contributed by atoms with Crippen LogP contribution in [-0.4, -0.2) is 11.6 Å². The smallest absolute Gasteiger partial charge is 0.133 e. The number of rotatable bonds is 1. The molecule has 0 heterocycles. The van der Waals surface area contributed by atoms with Crippen LogP contribution >= 0.6 is 0 Å². The van der Waals surface area contributed by atoms with Crippen molar-refractivity contribution < 1.29 is 9.59 Å². The first-order valence-electron chi connectivity index (χ1n) is 9.53. The fourth-order valence-corrected chi connectivity index (χ4v) is 7.33. The van der Waals surface area contributed by atoms with Crippen molar-refractivity contribution in [2.75, 3.05) is 0 Å². The van der Waals surface area contributed by atoms with Gasteiger partial charge in [0.15, 0.2) is 0 Å². The van der Waals surface area contributed by atoms with Crippen LogP contribution in [-0.2, 0) is 9.59 Å². The number of ketones is 2. The number of hydrogen-bond donors (Lipinski definition) is 0. The molecule has 0 saturated heterocycles. The van der Waals surface area contributed by atoms with Crippen molar-refractivity contribution in [1.82, 2.24) is 0 Å². The molecule has 0 radical (unpaired) electrons. The Balaban J connectivity index is 1.58. The normalized spacial score (nSPS) is 50.9. The molecule has 0 N–H and O–H groups in total. The molecule has 0 aliphatic heterocycles. The number of carbonyl (C=O) groups excluding carboxylic acids is 2. The third-order valence-electron chi connectivity index (χ3n) is 8.26. The van der Waals surface area contributed by atoms with E-state index in [-0.39, 0.29) is 5.41 Å². The summed E-state index contributed by atoms with van der Waals surface area (Å²) in [7, 11) is 0. The van der Waals surface area contributed by atoms with E-state index in [1.807, 2.05) is 6.92 Å². The Morgan fingerprint density at radius 2 is 1.82 bits per heavy atom. The van der Waals surface area contributed by atoms with Crippen LogP contribution in [0.2, 0.25) is 0 Å². The quantitative estimate of drug-likeness (QED) is 0.719. The van der Waals surface area contributed by atoms with Crippen LogP contribution in [0.15, 0.2) is 0 Å². The first-order chi connectivity index (χ1) is 10.5. The molecule has 0 aromatic heterocycles. The lowest BCUT2D eigenvalue weighted by Crippen LogP contribution is -2.49. The fourth-order valence-electron chi connectivity index (χ4n) is 7.33. The SMILES string of the molecule is CC(=O)[C@@H]1CC[C@@H]2[C@@H]3CC[C@@H]4CC(=O)CC[C@@H]4[C@@H]3CC[C@]21C. The minimum absolute atomic E-state index is 0.282. The molecule has 0 unspecified atom stereocenters. The van der Waals surface area contributed by atoms with Gasteiger partial charge in [-0.1, -0.05) is 6.92 Å². The second-order valence-corrected chi connectivity index (χ2v) is 9.00. The summed E-state index contributed by atoms with van der Waals surface area (Å²) in [4.78, 5) is 23.9. The van der Waals surface area contributed by atoms with Crippen LogP contribution in [0, 0.1) is 40.9 Å². The van der Waals surface area contributed by atoms with Crippen LogP contribution in [0.5, 0.6) is 0 Å². The number of hydrogen-bond acceptors (Lipinski definition) is 2. The van der Waals surface area contributed by atoms with Gasteiger partial charge in [-0.25, -0.2) is 0 Å². The monoisotopic (exact) mass is 302 g/mol. The minimum atomic E-state index is 0.282. The van der Waals surface area contributed by atoms with Gasteiger partial charge in [0.05, 0.1) is 0 Å². The van der Waals surface area contributed by atoms with Gasteiger partial charge in [0.1, 0.15) is 11.6 Å². The van der Waals surface area contributed by atoms with E-state index >= 15 is 0 Å². The van der Waals surface area contributed by atoms with E-state index in [1.54, 1.807) is 0 Å². The van der Waals surface area contributed by atoms with Crippen molar-refractivity contribution in [3.8, 4) is 0 Å². The largest absolute Gasteiger partial charge is 0.300 e. The standard InChI is InChI=1S/C20H30O2/c1-12(21)18-7-8-19-17-5-3-13-11-14(22)4-6-15(13)16(17)9-10-20(18,19)2/h13,15-19H,3-11H2,1-2H3/t13-,15+,16+,17-,18+,19-,20+/m1/s1. The molecular formula is C20H30O2. The van der Waals surface area contributed by atoms with Crippen molar-refractivity contribution in [3.63, 3.8) is 0 Å². The summed E-state index contributed by atoms with van der Waals surface area (Å²) >= 11 is 0. The van der Waals surface area contributed by atoms with E-state index < -0.39 is 0 Å². The summed E-state index contributed by atoms with van der Waals surface area (Å²) in [6, 6.07) is 0. The van der Waals surface area contributed by atoms with Gasteiger partial charge in [-0.15, -0.1) is 0 Å². The van der Waals surface area contributed by atoms with Crippen LogP contribution in [0.4, 0.5) is 0 Å². The van der Waals surface area contributed by atoms with Gasteiger partial charge in [0, 0.05) is 18.8 Å². The van der Waals surface area contributed by atoms with E-state index in [4.69, 9.17) is 0 Å². The van der Waals surface area contributed by atoms with Gasteiger partial charge in [-0.05, 0) is 86.9 Å². The molecule has 0 spiro atoms. The van der Waals surface area contributed by atoms with Crippen molar-refractivity contribution in [2.24, 2.45) is 40.9 Å². The molecule has 2 nitrogen and oxygen atoms in total. The molecule has 2 heteroatoms. The molecule has 7 atom stereocenters. The second-order valence-electron chi connectivity index (χ2n) is 9.00. The summed E-state index contributed by atoms with van der Waals surface area (Å²) in [5.41, 5.74) is 0.282. The Morgan fingerprint density at radius 1 is 1.00 bits per heavy atom. The molecule has 4 fully saturated rings. The molecule has 0 bridgehead atoms. The summed E-state index contributed by atoms with van der Waals surface area (Å²) in [6.45, 7) is 4.23. The Kier molecular flexibility index (Phi) is 3.51. The Bertz CT molecular complexity index is 496. The molecule has 122 valence electrons. The summed E-state index contributed by atoms with van der Waals surface area (Å²) < 4.78 is 0. The predicted octanol–water partition coefficient (Wildman–Crippen LogP) is 4.41. The third-order valence-corrected chi connectivity index (χ3v) is 8.26. The highest BCUT2D eigenvalue weighted by Gasteiger charge is 2.57. The van der Waals surface area contributed by atoms with E-state index in [0.717, 1.165) is 49.4 Å². The molecule has 4 aliphatic rings. The lowest BCUT2D eigenvalue weighted by Gasteiger charge is -2.55. The molecule has 0 aromatic carbocycles. The highest BCUT2D eigenvalue weighted by molar-refractivity contribution is 5.80. The highest BCUT2D eigenvalue weighted by Crippen LogP contribution is 2.64. The van der Waals surface area contributed by atoms with E-state index in [9.17, 15) is 9.59 Å². The lowest BCUT2D eigenvalue weighted by molar-refractivity contribution is -0.132. The average Bonchev–Trinajstić information content (AvgIpc) is 2.84. The van der Waals surface area contributed by atoms with Crippen molar-refractivity contribution in [1.29, 1.82) is 0 Å². The Morgan fingerprint density at radius 3 is 2.59 bits per heavy atom. The van der Waals surface area contributed by atoms with Crippen molar-refractivity contribution in [2.45, 2.75) is 71.6 Å². The lowest BCUT2D eigenvalue weighted by atomic mass is 9.49.